The third-order valence-corrected chi connectivity index (χ3v) is 8.62. The van der Waals surface area contributed by atoms with Crippen LogP contribution in [-0.4, -0.2) is 69.4 Å². The fourth-order valence-electron chi connectivity index (χ4n) is 5.96. The maximum atomic E-state index is 15.2. The van der Waals surface area contributed by atoms with Crippen LogP contribution in [0.4, 0.5) is 27.3 Å². The van der Waals surface area contributed by atoms with E-state index in [0.717, 1.165) is 4.90 Å². The summed E-state index contributed by atoms with van der Waals surface area (Å²) < 4.78 is 15.2. The van der Waals surface area contributed by atoms with E-state index in [1.165, 1.54) is 24.7 Å². The zero-order valence-electron chi connectivity index (χ0n) is 26.8. The molecule has 1 saturated heterocycles. The first-order valence-corrected chi connectivity index (χ1v) is 15.7. The molecule has 0 spiro atoms. The number of aromatic nitrogens is 2. The largest absolute Gasteiger partial charge is 0.397 e. The van der Waals surface area contributed by atoms with E-state index in [0.29, 0.717) is 33.3 Å². The standard InChI is InChI=1S/C34H32FN9O6/c1-16-20(13-38-15-22(16)36)19-11-17-12-25(41-14-21(17)31(37)30(19)35)42-28(47)8-10-40-26(45)7-9-39-23-4-2-3-18-29(23)34(50)44(33(18)49)24-5-6-27(46)43-32(24)48/h2-4,11-15,24,39H,5-10,36-37H2,1H3,(H,40,45)(H,41,42,47)(H,43,46,48). The van der Waals surface area contributed by atoms with E-state index in [2.05, 4.69) is 31.2 Å². The molecule has 0 bridgehead atoms. The lowest BCUT2D eigenvalue weighted by Crippen LogP contribution is -2.54. The highest BCUT2D eigenvalue weighted by molar-refractivity contribution is 6.25. The molecule has 1 unspecified atom stereocenters. The molecule has 2 aliphatic rings. The van der Waals surface area contributed by atoms with Gasteiger partial charge >= 0.3 is 0 Å². The normalized spacial score (nSPS) is 15.6. The highest BCUT2D eigenvalue weighted by Gasteiger charge is 2.45. The summed E-state index contributed by atoms with van der Waals surface area (Å²) in [6.45, 7) is 1.88. The van der Waals surface area contributed by atoms with Gasteiger partial charge in [0, 0.05) is 66.9 Å². The van der Waals surface area contributed by atoms with E-state index in [4.69, 9.17) is 11.5 Å². The number of hydrogen-bond donors (Lipinski definition) is 6. The molecule has 4 heterocycles. The van der Waals surface area contributed by atoms with Crippen molar-refractivity contribution in [3.8, 4) is 11.1 Å². The van der Waals surface area contributed by atoms with Crippen LogP contribution in [0.15, 0.2) is 48.9 Å². The fraction of sp³-hybridized carbons (Fsp3) is 0.235. The molecular formula is C34H32FN9O6. The molecular weight excluding hydrogens is 649 g/mol. The summed E-state index contributed by atoms with van der Waals surface area (Å²) in [7, 11) is 0. The van der Waals surface area contributed by atoms with Gasteiger partial charge in [-0.1, -0.05) is 6.07 Å². The summed E-state index contributed by atoms with van der Waals surface area (Å²) in [5, 5.41) is 11.4. The molecule has 6 rings (SSSR count). The van der Waals surface area contributed by atoms with Gasteiger partial charge in [0.1, 0.15) is 11.9 Å². The number of hydrogen-bond acceptors (Lipinski definition) is 11. The fourth-order valence-corrected chi connectivity index (χ4v) is 5.96. The molecule has 1 fully saturated rings. The van der Waals surface area contributed by atoms with Crippen LogP contribution in [0.5, 0.6) is 0 Å². The Morgan fingerprint density at radius 2 is 1.76 bits per heavy atom. The zero-order valence-corrected chi connectivity index (χ0v) is 26.8. The van der Waals surface area contributed by atoms with Gasteiger partial charge in [-0.15, -0.1) is 0 Å². The van der Waals surface area contributed by atoms with Gasteiger partial charge in [-0.25, -0.2) is 9.37 Å². The summed E-state index contributed by atoms with van der Waals surface area (Å²) in [5.74, 6) is -3.69. The number of anilines is 4. The van der Waals surface area contributed by atoms with Gasteiger partial charge in [0.15, 0.2) is 5.82 Å². The van der Waals surface area contributed by atoms with Crippen LogP contribution in [0.2, 0.25) is 0 Å². The summed E-state index contributed by atoms with van der Waals surface area (Å²) in [4.78, 5) is 84.4. The molecule has 8 N–H and O–H groups in total. The average molecular weight is 682 g/mol. The second-order valence-corrected chi connectivity index (χ2v) is 11.8. The van der Waals surface area contributed by atoms with Crippen molar-refractivity contribution in [1.29, 1.82) is 0 Å². The molecule has 0 radical (unpaired) electrons. The molecule has 0 aliphatic carbocycles. The Hall–Kier alpha value is -6.45. The Labute approximate surface area is 284 Å². The Balaban J connectivity index is 1.01. The predicted molar refractivity (Wildman–Crippen MR) is 181 cm³/mol. The number of nitrogens with one attached hydrogen (secondary N) is 4. The van der Waals surface area contributed by atoms with Crippen molar-refractivity contribution in [3.05, 3.63) is 71.4 Å². The molecule has 4 aromatic rings. The van der Waals surface area contributed by atoms with Crippen LogP contribution < -0.4 is 32.7 Å². The van der Waals surface area contributed by atoms with Crippen molar-refractivity contribution >= 4 is 69.1 Å². The third kappa shape index (κ3) is 6.37. The van der Waals surface area contributed by atoms with Crippen LogP contribution in [0, 0.1) is 12.7 Å². The third-order valence-electron chi connectivity index (χ3n) is 8.62. The summed E-state index contributed by atoms with van der Waals surface area (Å²) in [6.07, 6.45) is 4.30. The van der Waals surface area contributed by atoms with E-state index >= 15 is 4.39 Å². The van der Waals surface area contributed by atoms with Gasteiger partial charge in [-0.3, -0.25) is 44.0 Å². The number of fused-ring (bicyclic) bond motifs is 2. The molecule has 0 saturated carbocycles. The van der Waals surface area contributed by atoms with Crippen LogP contribution >= 0.6 is 0 Å². The van der Waals surface area contributed by atoms with Crippen molar-refractivity contribution < 1.29 is 33.2 Å². The monoisotopic (exact) mass is 681 g/mol. The number of piperidine rings is 1. The van der Waals surface area contributed by atoms with Crippen LogP contribution in [0.3, 0.4) is 0 Å². The van der Waals surface area contributed by atoms with Crippen molar-refractivity contribution in [2.75, 3.05) is 35.2 Å². The van der Waals surface area contributed by atoms with E-state index in [9.17, 15) is 28.8 Å². The first-order valence-electron chi connectivity index (χ1n) is 15.7. The maximum absolute atomic E-state index is 15.2. The molecule has 50 heavy (non-hydrogen) atoms. The quantitative estimate of drug-likeness (QED) is 0.105. The van der Waals surface area contributed by atoms with Gasteiger partial charge in [0.2, 0.25) is 23.6 Å². The van der Waals surface area contributed by atoms with Gasteiger partial charge in [0.25, 0.3) is 11.8 Å². The number of nitrogen functional groups attached to an aromatic ring is 2. The number of rotatable bonds is 10. The minimum absolute atomic E-state index is 0.00833. The topological polar surface area (TPSA) is 232 Å². The molecule has 2 aromatic carbocycles. The Kier molecular flexibility index (Phi) is 9.08. The number of carbonyl (C=O) groups excluding carboxylic acids is 6. The molecule has 2 aliphatic heterocycles. The number of halogens is 1. The van der Waals surface area contributed by atoms with Crippen LogP contribution in [0.25, 0.3) is 21.9 Å². The van der Waals surface area contributed by atoms with Gasteiger partial charge in [-0.2, -0.15) is 0 Å². The first kappa shape index (κ1) is 33.5. The smallest absolute Gasteiger partial charge is 0.264 e. The van der Waals surface area contributed by atoms with Crippen molar-refractivity contribution in [2.24, 2.45) is 0 Å². The minimum Gasteiger partial charge on any atom is -0.397 e. The first-order chi connectivity index (χ1) is 23.9. The molecule has 15 nitrogen and oxygen atoms in total. The second-order valence-electron chi connectivity index (χ2n) is 11.8. The number of nitrogens with two attached hydrogens (primary N) is 2. The van der Waals surface area contributed by atoms with Crippen molar-refractivity contribution in [3.63, 3.8) is 0 Å². The van der Waals surface area contributed by atoms with Gasteiger partial charge in [0.05, 0.1) is 28.7 Å². The van der Waals surface area contributed by atoms with E-state index < -0.39 is 41.4 Å². The molecule has 16 heteroatoms. The molecule has 6 amide bonds. The van der Waals surface area contributed by atoms with Crippen molar-refractivity contribution in [1.82, 2.24) is 25.5 Å². The van der Waals surface area contributed by atoms with Crippen molar-refractivity contribution in [2.45, 2.75) is 38.6 Å². The molecule has 2 aromatic heterocycles. The average Bonchev–Trinajstić information content (AvgIpc) is 3.33. The minimum atomic E-state index is -1.09. The lowest BCUT2D eigenvalue weighted by Gasteiger charge is -2.27. The van der Waals surface area contributed by atoms with Gasteiger partial charge < -0.3 is 27.4 Å². The van der Waals surface area contributed by atoms with E-state index in [1.807, 2.05) is 0 Å². The van der Waals surface area contributed by atoms with Gasteiger partial charge in [-0.05, 0) is 48.6 Å². The second kappa shape index (κ2) is 13.6. The number of carbonyl (C=O) groups is 6. The highest BCUT2D eigenvalue weighted by atomic mass is 19.1. The number of benzene rings is 2. The SMILES string of the molecule is Cc1c(N)cncc1-c1cc2cc(NC(=O)CCNC(=O)CCNc3cccc4c3C(=O)N(C3CCC(=O)NC3=O)C4=O)ncc2c(N)c1F. The lowest BCUT2D eigenvalue weighted by molar-refractivity contribution is -0.136. The maximum Gasteiger partial charge on any atom is 0.264 e. The molecule has 256 valence electrons. The van der Waals surface area contributed by atoms with E-state index in [1.54, 1.807) is 31.2 Å². The number of amides is 6. The van der Waals surface area contributed by atoms with E-state index in [-0.39, 0.29) is 72.9 Å². The highest BCUT2D eigenvalue weighted by Crippen LogP contribution is 2.36. The number of pyridine rings is 2. The predicted octanol–water partition coefficient (Wildman–Crippen LogP) is 2.26. The van der Waals surface area contributed by atoms with Crippen LogP contribution in [0.1, 0.15) is 52.0 Å². The Morgan fingerprint density at radius 3 is 2.54 bits per heavy atom. The zero-order chi connectivity index (χ0) is 35.7. The lowest BCUT2D eigenvalue weighted by atomic mass is 9.97. The number of imide groups is 2. The molecule has 1 atom stereocenters. The Bertz CT molecular complexity index is 2120. The number of nitrogens with zero attached hydrogens (tertiary/aromatic N) is 3. The summed E-state index contributed by atoms with van der Waals surface area (Å²) in [5.41, 5.74) is 14.2. The summed E-state index contributed by atoms with van der Waals surface area (Å²) in [6, 6.07) is 6.70. The Morgan fingerprint density at radius 1 is 0.980 bits per heavy atom. The summed E-state index contributed by atoms with van der Waals surface area (Å²) >= 11 is 0. The van der Waals surface area contributed by atoms with Crippen LogP contribution in [-0.2, 0) is 19.2 Å².